The van der Waals surface area contributed by atoms with Gasteiger partial charge < -0.3 is 5.32 Å². The van der Waals surface area contributed by atoms with Crippen molar-refractivity contribution in [3.05, 3.63) is 11.8 Å². The van der Waals surface area contributed by atoms with Crippen LogP contribution in [-0.4, -0.2) is 36.4 Å². The standard InChI is InChI=1S/C12H22N2O/c1-9(2)13-10(3)8-12(15)11-6-5-7-14(11)4/h8-9,11,13H,5-7H2,1-4H3/b10-8-/t11-/m0/s1. The van der Waals surface area contributed by atoms with Crippen LogP contribution >= 0.6 is 0 Å². The fraction of sp³-hybridized carbons (Fsp3) is 0.750. The lowest BCUT2D eigenvalue weighted by Gasteiger charge is -2.17. The lowest BCUT2D eigenvalue weighted by molar-refractivity contribution is -0.118. The summed E-state index contributed by atoms with van der Waals surface area (Å²) >= 11 is 0. The Hall–Kier alpha value is -0.830. The van der Waals surface area contributed by atoms with E-state index in [1.165, 1.54) is 0 Å². The number of allylic oxidation sites excluding steroid dienone is 1. The summed E-state index contributed by atoms with van der Waals surface area (Å²) < 4.78 is 0. The number of carbonyl (C=O) groups excluding carboxylic acids is 1. The Morgan fingerprint density at radius 1 is 1.53 bits per heavy atom. The Kier molecular flexibility index (Phi) is 4.33. The third-order valence-corrected chi connectivity index (χ3v) is 2.72. The Morgan fingerprint density at radius 2 is 2.20 bits per heavy atom. The van der Waals surface area contributed by atoms with Crippen molar-refractivity contribution < 1.29 is 4.79 Å². The van der Waals surface area contributed by atoms with Crippen LogP contribution in [0.3, 0.4) is 0 Å². The van der Waals surface area contributed by atoms with Crippen molar-refractivity contribution in [1.29, 1.82) is 0 Å². The first kappa shape index (κ1) is 12.2. The van der Waals surface area contributed by atoms with Crippen LogP contribution in [0.5, 0.6) is 0 Å². The van der Waals surface area contributed by atoms with Crippen LogP contribution in [0.4, 0.5) is 0 Å². The molecule has 1 fully saturated rings. The second-order valence-corrected chi connectivity index (χ2v) is 4.67. The molecule has 0 aromatic heterocycles. The smallest absolute Gasteiger partial charge is 0.174 e. The van der Waals surface area contributed by atoms with E-state index in [4.69, 9.17) is 0 Å². The van der Waals surface area contributed by atoms with Gasteiger partial charge in [0.2, 0.25) is 0 Å². The van der Waals surface area contributed by atoms with E-state index in [1.807, 2.05) is 14.0 Å². The highest BCUT2D eigenvalue weighted by Crippen LogP contribution is 2.16. The minimum atomic E-state index is 0.105. The SMILES string of the molecule is C/C(=C/C(=O)[C@@H]1CCCN1C)NC(C)C. The Balaban J connectivity index is 2.53. The van der Waals surface area contributed by atoms with Crippen LogP contribution in [0.1, 0.15) is 33.6 Å². The molecule has 1 heterocycles. The summed E-state index contributed by atoms with van der Waals surface area (Å²) in [6.45, 7) is 7.14. The number of likely N-dealkylation sites (tertiary alicyclic amines) is 1. The third-order valence-electron chi connectivity index (χ3n) is 2.72. The zero-order valence-corrected chi connectivity index (χ0v) is 10.2. The Labute approximate surface area is 92.5 Å². The molecule has 1 aliphatic heterocycles. The van der Waals surface area contributed by atoms with Gasteiger partial charge in [0.05, 0.1) is 6.04 Å². The van der Waals surface area contributed by atoms with Crippen molar-refractivity contribution >= 4 is 5.78 Å². The topological polar surface area (TPSA) is 32.3 Å². The molecule has 0 saturated carbocycles. The van der Waals surface area contributed by atoms with Gasteiger partial charge in [-0.2, -0.15) is 0 Å². The summed E-state index contributed by atoms with van der Waals surface area (Å²) in [5.74, 6) is 0.237. The molecule has 0 unspecified atom stereocenters. The third kappa shape index (κ3) is 3.67. The molecular formula is C12H22N2O. The number of nitrogens with zero attached hydrogens (tertiary/aromatic N) is 1. The van der Waals surface area contributed by atoms with Crippen molar-refractivity contribution in [1.82, 2.24) is 10.2 Å². The molecule has 86 valence electrons. The van der Waals surface area contributed by atoms with Crippen molar-refractivity contribution in [2.75, 3.05) is 13.6 Å². The normalized spacial score (nSPS) is 23.5. The summed E-state index contributed by atoms with van der Waals surface area (Å²) in [5, 5.41) is 3.23. The number of likely N-dealkylation sites (N-methyl/N-ethyl adjacent to an activating group) is 1. The number of nitrogens with one attached hydrogen (secondary N) is 1. The van der Waals surface area contributed by atoms with Gasteiger partial charge in [-0.15, -0.1) is 0 Å². The maximum absolute atomic E-state index is 11.9. The quantitative estimate of drug-likeness (QED) is 0.715. The average molecular weight is 210 g/mol. The summed E-state index contributed by atoms with van der Waals surface area (Å²) in [6, 6.07) is 0.490. The summed E-state index contributed by atoms with van der Waals surface area (Å²) in [7, 11) is 2.02. The average Bonchev–Trinajstić information content (AvgIpc) is 2.49. The largest absolute Gasteiger partial charge is 0.386 e. The molecule has 1 saturated heterocycles. The van der Waals surface area contributed by atoms with Gasteiger partial charge in [-0.1, -0.05) is 0 Å². The fourth-order valence-electron chi connectivity index (χ4n) is 2.08. The first-order valence-corrected chi connectivity index (χ1v) is 5.69. The molecule has 0 aromatic carbocycles. The van der Waals surface area contributed by atoms with Crippen LogP contribution in [0.15, 0.2) is 11.8 Å². The highest BCUT2D eigenvalue weighted by Gasteiger charge is 2.26. The molecule has 1 atom stereocenters. The van der Waals surface area contributed by atoms with E-state index < -0.39 is 0 Å². The van der Waals surface area contributed by atoms with E-state index in [-0.39, 0.29) is 11.8 Å². The Morgan fingerprint density at radius 3 is 2.67 bits per heavy atom. The first-order valence-electron chi connectivity index (χ1n) is 5.69. The minimum absolute atomic E-state index is 0.105. The highest BCUT2D eigenvalue weighted by atomic mass is 16.1. The van der Waals surface area contributed by atoms with Crippen LogP contribution in [0.25, 0.3) is 0 Å². The van der Waals surface area contributed by atoms with E-state index >= 15 is 0 Å². The molecule has 1 N–H and O–H groups in total. The summed E-state index contributed by atoms with van der Waals surface area (Å²) in [5.41, 5.74) is 0.968. The van der Waals surface area contributed by atoms with Crippen molar-refractivity contribution in [3.63, 3.8) is 0 Å². The van der Waals surface area contributed by atoms with E-state index in [0.29, 0.717) is 6.04 Å². The number of carbonyl (C=O) groups is 1. The molecule has 0 radical (unpaired) electrons. The molecule has 15 heavy (non-hydrogen) atoms. The van der Waals surface area contributed by atoms with E-state index in [9.17, 15) is 4.79 Å². The zero-order valence-electron chi connectivity index (χ0n) is 10.2. The van der Waals surface area contributed by atoms with Gasteiger partial charge >= 0.3 is 0 Å². The lowest BCUT2D eigenvalue weighted by atomic mass is 10.1. The van der Waals surface area contributed by atoms with Crippen LogP contribution in [-0.2, 0) is 4.79 Å². The number of rotatable bonds is 4. The minimum Gasteiger partial charge on any atom is -0.386 e. The molecule has 0 aliphatic carbocycles. The maximum atomic E-state index is 11.9. The Bertz CT molecular complexity index is 258. The summed E-state index contributed by atoms with van der Waals surface area (Å²) in [4.78, 5) is 14.0. The fourth-order valence-corrected chi connectivity index (χ4v) is 2.08. The molecule has 0 spiro atoms. The predicted molar refractivity (Wildman–Crippen MR) is 62.7 cm³/mol. The lowest BCUT2D eigenvalue weighted by Crippen LogP contribution is -2.32. The van der Waals surface area contributed by atoms with Gasteiger partial charge in [-0.25, -0.2) is 0 Å². The predicted octanol–water partition coefficient (Wildman–Crippen LogP) is 1.55. The molecule has 0 aromatic rings. The van der Waals surface area contributed by atoms with Crippen molar-refractivity contribution in [3.8, 4) is 0 Å². The molecule has 1 aliphatic rings. The van der Waals surface area contributed by atoms with E-state index in [1.54, 1.807) is 6.08 Å². The van der Waals surface area contributed by atoms with Gasteiger partial charge in [0.1, 0.15) is 0 Å². The van der Waals surface area contributed by atoms with Gasteiger partial charge in [0, 0.05) is 17.8 Å². The van der Waals surface area contributed by atoms with Gasteiger partial charge in [0.15, 0.2) is 5.78 Å². The van der Waals surface area contributed by atoms with Crippen molar-refractivity contribution in [2.24, 2.45) is 0 Å². The van der Waals surface area contributed by atoms with E-state index in [2.05, 4.69) is 24.1 Å². The van der Waals surface area contributed by atoms with Crippen LogP contribution < -0.4 is 5.32 Å². The summed E-state index contributed by atoms with van der Waals surface area (Å²) in [6.07, 6.45) is 3.88. The zero-order chi connectivity index (χ0) is 11.4. The molecular weight excluding hydrogens is 188 g/mol. The monoisotopic (exact) mass is 210 g/mol. The second-order valence-electron chi connectivity index (χ2n) is 4.67. The maximum Gasteiger partial charge on any atom is 0.174 e. The number of hydrogen-bond acceptors (Lipinski definition) is 3. The van der Waals surface area contributed by atoms with Crippen LogP contribution in [0.2, 0.25) is 0 Å². The van der Waals surface area contributed by atoms with Gasteiger partial charge in [-0.3, -0.25) is 9.69 Å². The molecule has 0 bridgehead atoms. The molecule has 0 amide bonds. The van der Waals surface area contributed by atoms with E-state index in [0.717, 1.165) is 25.1 Å². The second kappa shape index (κ2) is 5.31. The molecule has 3 heteroatoms. The van der Waals surface area contributed by atoms with Crippen molar-refractivity contribution in [2.45, 2.75) is 45.7 Å². The molecule has 3 nitrogen and oxygen atoms in total. The van der Waals surface area contributed by atoms with Crippen LogP contribution in [0, 0.1) is 0 Å². The van der Waals surface area contributed by atoms with Gasteiger partial charge in [-0.05, 0) is 47.2 Å². The highest BCUT2D eigenvalue weighted by molar-refractivity contribution is 5.94. The van der Waals surface area contributed by atoms with Gasteiger partial charge in [0.25, 0.3) is 0 Å². The first-order chi connectivity index (χ1) is 7.00. The number of hydrogen-bond donors (Lipinski definition) is 1. The number of ketones is 1. The molecule has 1 rings (SSSR count).